The molecule has 1 saturated heterocycles. The lowest BCUT2D eigenvalue weighted by Crippen LogP contribution is -2.48. The summed E-state index contributed by atoms with van der Waals surface area (Å²) in [5.74, 6) is 0.660. The van der Waals surface area contributed by atoms with E-state index in [0.29, 0.717) is 32.1 Å². The first-order chi connectivity index (χ1) is 8.50. The van der Waals surface area contributed by atoms with Crippen LogP contribution in [-0.2, 0) is 15.4 Å². The van der Waals surface area contributed by atoms with E-state index in [-0.39, 0.29) is 0 Å². The number of sulfonamides is 1. The Morgan fingerprint density at radius 2 is 1.78 bits per heavy atom. The molecule has 0 saturated carbocycles. The molecule has 0 aromatic carbocycles. The summed E-state index contributed by atoms with van der Waals surface area (Å²) >= 11 is 3.34. The molecule has 0 spiro atoms. The standard InChI is InChI=1S/C10H15BrN4O2S/c1-18(16,17)15-4-2-14(3-5-15)10-12-7-9(6-11)8-13-10/h7-8H,2-6H2,1H3. The predicted octanol–water partition coefficient (Wildman–Crippen LogP) is 0.453. The maximum Gasteiger partial charge on any atom is 0.225 e. The third-order valence-electron chi connectivity index (χ3n) is 2.84. The van der Waals surface area contributed by atoms with E-state index >= 15 is 0 Å². The van der Waals surface area contributed by atoms with E-state index < -0.39 is 10.0 Å². The summed E-state index contributed by atoms with van der Waals surface area (Å²) in [5, 5.41) is 0.731. The molecule has 18 heavy (non-hydrogen) atoms. The Kier molecular flexibility index (Phi) is 4.18. The fourth-order valence-electron chi connectivity index (χ4n) is 1.80. The molecule has 0 bridgehead atoms. The van der Waals surface area contributed by atoms with Crippen LogP contribution in [0.4, 0.5) is 5.95 Å². The number of hydrogen-bond donors (Lipinski definition) is 0. The van der Waals surface area contributed by atoms with E-state index in [1.54, 1.807) is 12.4 Å². The number of rotatable bonds is 3. The second kappa shape index (κ2) is 5.50. The topological polar surface area (TPSA) is 66.4 Å². The zero-order valence-electron chi connectivity index (χ0n) is 10.1. The minimum absolute atomic E-state index is 0.488. The number of nitrogens with zero attached hydrogens (tertiary/aromatic N) is 4. The van der Waals surface area contributed by atoms with Gasteiger partial charge in [0.25, 0.3) is 0 Å². The zero-order chi connectivity index (χ0) is 13.2. The monoisotopic (exact) mass is 334 g/mol. The average Bonchev–Trinajstić information content (AvgIpc) is 2.38. The number of aromatic nitrogens is 2. The molecule has 6 nitrogen and oxygen atoms in total. The Balaban J connectivity index is 2.01. The zero-order valence-corrected chi connectivity index (χ0v) is 12.5. The van der Waals surface area contributed by atoms with Gasteiger partial charge in [-0.2, -0.15) is 4.31 Å². The Morgan fingerprint density at radius 1 is 1.22 bits per heavy atom. The van der Waals surface area contributed by atoms with Crippen LogP contribution in [0.25, 0.3) is 0 Å². The first-order valence-corrected chi connectivity index (χ1v) is 8.54. The van der Waals surface area contributed by atoms with E-state index in [2.05, 4.69) is 25.9 Å². The fraction of sp³-hybridized carbons (Fsp3) is 0.600. The smallest absolute Gasteiger partial charge is 0.225 e. The lowest BCUT2D eigenvalue weighted by atomic mass is 10.4. The van der Waals surface area contributed by atoms with Gasteiger partial charge in [0.1, 0.15) is 0 Å². The summed E-state index contributed by atoms with van der Waals surface area (Å²) in [6.45, 7) is 2.23. The highest BCUT2D eigenvalue weighted by molar-refractivity contribution is 9.08. The Morgan fingerprint density at radius 3 is 2.22 bits per heavy atom. The molecule has 8 heteroatoms. The van der Waals surface area contributed by atoms with E-state index in [4.69, 9.17) is 0 Å². The number of halogens is 1. The van der Waals surface area contributed by atoms with Gasteiger partial charge in [0.2, 0.25) is 16.0 Å². The van der Waals surface area contributed by atoms with Crippen molar-refractivity contribution >= 4 is 31.9 Å². The van der Waals surface area contributed by atoms with Crippen molar-refractivity contribution in [1.82, 2.24) is 14.3 Å². The maximum atomic E-state index is 11.4. The molecule has 1 aliphatic heterocycles. The van der Waals surface area contributed by atoms with Gasteiger partial charge in [-0.3, -0.25) is 0 Å². The molecule has 0 radical (unpaired) electrons. The molecule has 0 atom stereocenters. The van der Waals surface area contributed by atoms with Crippen molar-refractivity contribution < 1.29 is 8.42 Å². The van der Waals surface area contributed by atoms with Gasteiger partial charge in [-0.05, 0) is 5.56 Å². The van der Waals surface area contributed by atoms with E-state index in [1.165, 1.54) is 10.6 Å². The summed E-state index contributed by atoms with van der Waals surface area (Å²) in [6, 6.07) is 0. The van der Waals surface area contributed by atoms with Gasteiger partial charge in [0.15, 0.2) is 0 Å². The number of anilines is 1. The third-order valence-corrected chi connectivity index (χ3v) is 4.79. The van der Waals surface area contributed by atoms with Crippen molar-refractivity contribution in [3.05, 3.63) is 18.0 Å². The summed E-state index contributed by atoms with van der Waals surface area (Å²) in [5.41, 5.74) is 1.02. The molecular formula is C10H15BrN4O2S. The van der Waals surface area contributed by atoms with Gasteiger partial charge in [0.05, 0.1) is 6.26 Å². The minimum atomic E-state index is -3.08. The van der Waals surface area contributed by atoms with Crippen LogP contribution in [0.5, 0.6) is 0 Å². The van der Waals surface area contributed by atoms with Gasteiger partial charge in [-0.1, -0.05) is 15.9 Å². The van der Waals surface area contributed by atoms with Crippen molar-refractivity contribution in [3.63, 3.8) is 0 Å². The van der Waals surface area contributed by atoms with E-state index in [1.807, 2.05) is 4.90 Å². The summed E-state index contributed by atoms with van der Waals surface area (Å²) in [7, 11) is -3.08. The molecule has 1 fully saturated rings. The summed E-state index contributed by atoms with van der Waals surface area (Å²) < 4.78 is 24.3. The highest BCUT2D eigenvalue weighted by atomic mass is 79.9. The molecule has 1 aromatic heterocycles. The minimum Gasteiger partial charge on any atom is -0.338 e. The van der Waals surface area contributed by atoms with Crippen LogP contribution in [0.2, 0.25) is 0 Å². The van der Waals surface area contributed by atoms with Gasteiger partial charge in [0, 0.05) is 43.9 Å². The van der Waals surface area contributed by atoms with Crippen LogP contribution in [0.15, 0.2) is 12.4 Å². The van der Waals surface area contributed by atoms with Crippen LogP contribution in [-0.4, -0.2) is 55.1 Å². The average molecular weight is 335 g/mol. The highest BCUT2D eigenvalue weighted by Gasteiger charge is 2.24. The first kappa shape index (κ1) is 13.7. The molecule has 0 amide bonds. The molecule has 0 aliphatic carbocycles. The van der Waals surface area contributed by atoms with Crippen molar-refractivity contribution in [2.75, 3.05) is 37.3 Å². The Hall–Kier alpha value is -0.730. The Labute approximate surface area is 115 Å². The first-order valence-electron chi connectivity index (χ1n) is 5.57. The van der Waals surface area contributed by atoms with Crippen LogP contribution in [0.3, 0.4) is 0 Å². The SMILES string of the molecule is CS(=O)(=O)N1CCN(c2ncc(CBr)cn2)CC1. The molecule has 1 aromatic rings. The largest absolute Gasteiger partial charge is 0.338 e. The van der Waals surface area contributed by atoms with Crippen molar-refractivity contribution in [1.29, 1.82) is 0 Å². The summed E-state index contributed by atoms with van der Waals surface area (Å²) in [6.07, 6.45) is 4.80. The number of alkyl halides is 1. The maximum absolute atomic E-state index is 11.4. The third kappa shape index (κ3) is 3.18. The van der Waals surface area contributed by atoms with Crippen LogP contribution in [0.1, 0.15) is 5.56 Å². The predicted molar refractivity (Wildman–Crippen MR) is 73.3 cm³/mol. The summed E-state index contributed by atoms with van der Waals surface area (Å²) in [4.78, 5) is 10.6. The molecular weight excluding hydrogens is 320 g/mol. The molecule has 0 N–H and O–H groups in total. The molecule has 2 rings (SSSR count). The van der Waals surface area contributed by atoms with Gasteiger partial charge < -0.3 is 4.90 Å². The van der Waals surface area contributed by atoms with Gasteiger partial charge in [-0.25, -0.2) is 18.4 Å². The van der Waals surface area contributed by atoms with E-state index in [9.17, 15) is 8.42 Å². The molecule has 0 unspecified atom stereocenters. The lowest BCUT2D eigenvalue weighted by molar-refractivity contribution is 0.385. The fourth-order valence-corrected chi connectivity index (χ4v) is 2.92. The van der Waals surface area contributed by atoms with Crippen LogP contribution < -0.4 is 4.90 Å². The normalized spacial score (nSPS) is 18.0. The Bertz CT molecular complexity index is 497. The van der Waals surface area contributed by atoms with E-state index in [0.717, 1.165) is 10.9 Å². The van der Waals surface area contributed by atoms with Gasteiger partial charge in [-0.15, -0.1) is 0 Å². The second-order valence-corrected chi connectivity index (χ2v) is 6.72. The number of piperazine rings is 1. The quantitative estimate of drug-likeness (QED) is 0.751. The van der Waals surface area contributed by atoms with Crippen molar-refractivity contribution in [3.8, 4) is 0 Å². The van der Waals surface area contributed by atoms with Gasteiger partial charge >= 0.3 is 0 Å². The molecule has 2 heterocycles. The van der Waals surface area contributed by atoms with Crippen molar-refractivity contribution in [2.24, 2.45) is 0 Å². The highest BCUT2D eigenvalue weighted by Crippen LogP contribution is 2.13. The van der Waals surface area contributed by atoms with Crippen LogP contribution in [0, 0.1) is 0 Å². The van der Waals surface area contributed by atoms with Crippen molar-refractivity contribution in [2.45, 2.75) is 5.33 Å². The lowest BCUT2D eigenvalue weighted by Gasteiger charge is -2.33. The van der Waals surface area contributed by atoms with Crippen LogP contribution >= 0.6 is 15.9 Å². The number of hydrogen-bond acceptors (Lipinski definition) is 5. The second-order valence-electron chi connectivity index (χ2n) is 4.17. The molecule has 100 valence electrons. The molecule has 1 aliphatic rings.